The Morgan fingerprint density at radius 3 is 2.35 bits per heavy atom. The first-order valence-corrected chi connectivity index (χ1v) is 12.7. The van der Waals surface area contributed by atoms with Crippen LogP contribution in [-0.4, -0.2) is 27.4 Å². The van der Waals surface area contributed by atoms with E-state index in [4.69, 9.17) is 18.9 Å². The lowest BCUT2D eigenvalue weighted by atomic mass is 9.89. The van der Waals surface area contributed by atoms with Gasteiger partial charge >= 0.3 is 6.36 Å². The SMILES string of the molecule is COc1ccc2c(CCCc3ccc(OC(F)(F)F)cc3)c3[n+](cc2c1OC)CCc1cc2c(cc1-3)OCO2.[I-]. The Bertz CT molecular complexity index is 1560. The van der Waals surface area contributed by atoms with E-state index in [9.17, 15) is 13.2 Å². The number of halogens is 4. The van der Waals surface area contributed by atoms with Gasteiger partial charge in [-0.25, -0.2) is 0 Å². The van der Waals surface area contributed by atoms with E-state index in [2.05, 4.69) is 33.7 Å². The summed E-state index contributed by atoms with van der Waals surface area (Å²) in [4.78, 5) is 0. The molecule has 2 aliphatic heterocycles. The van der Waals surface area contributed by atoms with Crippen LogP contribution in [0, 0.1) is 0 Å². The van der Waals surface area contributed by atoms with E-state index in [1.165, 1.54) is 23.3 Å². The predicted octanol–water partition coefficient (Wildman–Crippen LogP) is 3.17. The molecule has 0 unspecified atom stereocenters. The zero-order chi connectivity index (χ0) is 27.1. The molecule has 210 valence electrons. The van der Waals surface area contributed by atoms with Crippen molar-refractivity contribution < 1.29 is 65.4 Å². The zero-order valence-corrected chi connectivity index (χ0v) is 24.1. The van der Waals surface area contributed by atoms with Gasteiger partial charge in [0.25, 0.3) is 0 Å². The average molecular weight is 665 g/mol. The van der Waals surface area contributed by atoms with Gasteiger partial charge in [0.1, 0.15) is 5.75 Å². The fourth-order valence-electron chi connectivity index (χ4n) is 5.59. The van der Waals surface area contributed by atoms with E-state index in [1.807, 2.05) is 6.07 Å². The Morgan fingerprint density at radius 1 is 0.900 bits per heavy atom. The maximum atomic E-state index is 12.5. The molecule has 0 aliphatic carbocycles. The Hall–Kier alpha value is -3.41. The summed E-state index contributed by atoms with van der Waals surface area (Å²) in [6.45, 7) is 1.01. The van der Waals surface area contributed by atoms with Crippen molar-refractivity contribution in [1.82, 2.24) is 0 Å². The molecule has 0 spiro atoms. The van der Waals surface area contributed by atoms with Gasteiger partial charge < -0.3 is 47.7 Å². The number of aryl methyl sites for hydroxylation is 4. The third-order valence-corrected chi connectivity index (χ3v) is 7.29. The van der Waals surface area contributed by atoms with Crippen molar-refractivity contribution in [3.63, 3.8) is 0 Å². The first kappa shape index (κ1) is 28.1. The highest BCUT2D eigenvalue weighted by molar-refractivity contribution is 5.95. The van der Waals surface area contributed by atoms with Crippen LogP contribution in [-0.2, 0) is 25.8 Å². The summed E-state index contributed by atoms with van der Waals surface area (Å²) in [6.07, 6.45) is 0.514. The van der Waals surface area contributed by atoms with Gasteiger partial charge in [-0.1, -0.05) is 12.1 Å². The van der Waals surface area contributed by atoms with Gasteiger partial charge in [0.05, 0.1) is 25.2 Å². The second-order valence-corrected chi connectivity index (χ2v) is 9.57. The summed E-state index contributed by atoms with van der Waals surface area (Å²) < 4.78 is 66.5. The first-order chi connectivity index (χ1) is 18.8. The number of hydrogen-bond donors (Lipinski definition) is 0. The molecule has 0 fully saturated rings. The minimum atomic E-state index is -4.70. The number of hydrogen-bond acceptors (Lipinski definition) is 5. The van der Waals surface area contributed by atoms with Crippen LogP contribution in [0.3, 0.4) is 0 Å². The Kier molecular flexibility index (Phi) is 7.89. The highest BCUT2D eigenvalue weighted by Gasteiger charge is 2.33. The van der Waals surface area contributed by atoms with Gasteiger partial charge in [0.2, 0.25) is 12.5 Å². The Balaban J connectivity index is 0.00000323. The summed E-state index contributed by atoms with van der Waals surface area (Å²) >= 11 is 0. The number of methoxy groups -OCH3 is 2. The van der Waals surface area contributed by atoms with Crippen molar-refractivity contribution in [3.05, 3.63) is 71.4 Å². The van der Waals surface area contributed by atoms with Crippen LogP contribution >= 0.6 is 0 Å². The molecule has 3 heterocycles. The molecule has 0 amide bonds. The van der Waals surface area contributed by atoms with Gasteiger partial charge in [-0.05, 0) is 66.8 Å². The van der Waals surface area contributed by atoms with Crippen LogP contribution in [0.25, 0.3) is 22.0 Å². The molecular formula is C30H27F3INO5. The molecule has 0 saturated carbocycles. The molecule has 40 heavy (non-hydrogen) atoms. The van der Waals surface area contributed by atoms with E-state index < -0.39 is 6.36 Å². The van der Waals surface area contributed by atoms with Gasteiger partial charge in [-0.3, -0.25) is 0 Å². The molecule has 0 N–H and O–H groups in total. The second-order valence-electron chi connectivity index (χ2n) is 9.57. The molecule has 2 aliphatic rings. The van der Waals surface area contributed by atoms with Crippen molar-refractivity contribution in [3.8, 4) is 40.0 Å². The largest absolute Gasteiger partial charge is 1.00 e. The molecule has 0 saturated heterocycles. The highest BCUT2D eigenvalue weighted by atomic mass is 127. The number of benzene rings is 3. The van der Waals surface area contributed by atoms with Crippen LogP contribution in [0.15, 0.2) is 54.7 Å². The topological polar surface area (TPSA) is 50.0 Å². The molecule has 3 aromatic carbocycles. The summed E-state index contributed by atoms with van der Waals surface area (Å²) in [6, 6.07) is 14.2. The lowest BCUT2D eigenvalue weighted by molar-refractivity contribution is -0.686. The molecular weight excluding hydrogens is 638 g/mol. The van der Waals surface area contributed by atoms with E-state index in [0.717, 1.165) is 64.9 Å². The molecule has 6 rings (SSSR count). The molecule has 4 aromatic rings. The number of fused-ring (bicyclic) bond motifs is 5. The lowest BCUT2D eigenvalue weighted by Gasteiger charge is -2.21. The molecule has 0 bridgehead atoms. The van der Waals surface area contributed by atoms with Gasteiger partial charge in [-0.15, -0.1) is 13.2 Å². The van der Waals surface area contributed by atoms with E-state index in [0.29, 0.717) is 17.9 Å². The minimum Gasteiger partial charge on any atom is -1.00 e. The van der Waals surface area contributed by atoms with Crippen LogP contribution in [0.1, 0.15) is 23.1 Å². The van der Waals surface area contributed by atoms with Crippen molar-refractivity contribution in [2.24, 2.45) is 0 Å². The standard InChI is InChI=1S/C30H27F3NO5.HI/c1-35-25-11-10-21-22(5-3-4-18-6-8-20(9-7-18)39-30(31,32)33)28-23-15-27-26(37-17-38-27)14-19(23)12-13-34(28)16-24(21)29(25)36-2;/h6-11,14-16H,3-5,12-13,17H2,1-2H3;1H/q+1;/p-1. The number of rotatable bonds is 7. The van der Waals surface area contributed by atoms with Crippen LogP contribution in [0.2, 0.25) is 0 Å². The highest BCUT2D eigenvalue weighted by Crippen LogP contribution is 2.44. The predicted molar refractivity (Wildman–Crippen MR) is 138 cm³/mol. The van der Waals surface area contributed by atoms with E-state index >= 15 is 0 Å². The molecule has 6 nitrogen and oxygen atoms in total. The molecule has 0 atom stereocenters. The van der Waals surface area contributed by atoms with Gasteiger partial charge in [0, 0.05) is 17.4 Å². The maximum Gasteiger partial charge on any atom is 0.573 e. The Labute approximate surface area is 246 Å². The normalized spacial score (nSPS) is 13.3. The number of pyridine rings is 1. The Morgan fingerprint density at radius 2 is 1.65 bits per heavy atom. The minimum absolute atomic E-state index is 0. The van der Waals surface area contributed by atoms with E-state index in [-0.39, 0.29) is 36.5 Å². The number of alkyl halides is 3. The van der Waals surface area contributed by atoms with Crippen LogP contribution < -0.4 is 52.2 Å². The van der Waals surface area contributed by atoms with Crippen molar-refractivity contribution in [2.45, 2.75) is 38.6 Å². The summed E-state index contributed by atoms with van der Waals surface area (Å²) in [5, 5.41) is 2.03. The van der Waals surface area contributed by atoms with Crippen molar-refractivity contribution >= 4 is 10.8 Å². The van der Waals surface area contributed by atoms with Crippen molar-refractivity contribution in [1.29, 1.82) is 0 Å². The van der Waals surface area contributed by atoms with Crippen LogP contribution in [0.4, 0.5) is 13.2 Å². The molecule has 10 heteroatoms. The maximum absolute atomic E-state index is 12.5. The molecule has 0 radical (unpaired) electrons. The smallest absolute Gasteiger partial charge is 0.573 e. The second kappa shape index (κ2) is 11.2. The first-order valence-electron chi connectivity index (χ1n) is 12.7. The fraction of sp³-hybridized carbons (Fsp3) is 0.300. The summed E-state index contributed by atoms with van der Waals surface area (Å²) in [5.41, 5.74) is 5.56. The number of nitrogens with zero attached hydrogens (tertiary/aromatic N) is 1. The lowest BCUT2D eigenvalue weighted by Crippen LogP contribution is -3.00. The number of ether oxygens (including phenoxy) is 5. The average Bonchev–Trinajstić information content (AvgIpc) is 3.38. The third-order valence-electron chi connectivity index (χ3n) is 7.29. The van der Waals surface area contributed by atoms with E-state index in [1.54, 1.807) is 26.4 Å². The third kappa shape index (κ3) is 5.33. The fourth-order valence-corrected chi connectivity index (χ4v) is 5.59. The summed E-state index contributed by atoms with van der Waals surface area (Å²) in [7, 11) is 3.27. The quantitative estimate of drug-likeness (QED) is 0.225. The van der Waals surface area contributed by atoms with Gasteiger partial charge in [-0.2, -0.15) is 4.57 Å². The van der Waals surface area contributed by atoms with Crippen molar-refractivity contribution in [2.75, 3.05) is 21.0 Å². The molecule has 1 aromatic heterocycles. The van der Waals surface area contributed by atoms with Gasteiger partial charge in [0.15, 0.2) is 35.7 Å². The zero-order valence-electron chi connectivity index (χ0n) is 21.9. The monoisotopic (exact) mass is 665 g/mol. The van der Waals surface area contributed by atoms with Crippen LogP contribution in [0.5, 0.6) is 28.7 Å². The summed E-state index contributed by atoms with van der Waals surface area (Å²) in [5.74, 6) is 2.64. The number of aromatic nitrogens is 1.